The van der Waals surface area contributed by atoms with Crippen molar-refractivity contribution in [3.63, 3.8) is 0 Å². The number of hydrogen-bond donors (Lipinski definition) is 1. The Bertz CT molecular complexity index is 1230. The molecule has 0 bridgehead atoms. The Morgan fingerprint density at radius 1 is 0.971 bits per heavy atom. The fourth-order valence-electron chi connectivity index (χ4n) is 5.21. The van der Waals surface area contributed by atoms with Crippen molar-refractivity contribution in [3.8, 4) is 17.2 Å². The van der Waals surface area contributed by atoms with Crippen molar-refractivity contribution >= 4 is 11.8 Å². The summed E-state index contributed by atoms with van der Waals surface area (Å²) >= 11 is 0. The van der Waals surface area contributed by atoms with Crippen LogP contribution in [0.3, 0.4) is 0 Å². The van der Waals surface area contributed by atoms with Crippen molar-refractivity contribution < 1.29 is 14.7 Å². The van der Waals surface area contributed by atoms with Crippen LogP contribution in [0.2, 0.25) is 0 Å². The molecule has 2 fully saturated rings. The molecule has 3 aromatic rings. The Labute approximate surface area is 198 Å². The molecule has 2 heterocycles. The number of nitrogens with zero attached hydrogens (tertiary/aromatic N) is 3. The molecule has 2 saturated heterocycles. The minimum atomic E-state index is -0.273. The number of nitriles is 1. The van der Waals surface area contributed by atoms with Crippen molar-refractivity contribution in [3.05, 3.63) is 95.6 Å². The quantitative estimate of drug-likeness (QED) is 0.646. The second-order valence-electron chi connectivity index (χ2n) is 8.89. The largest absolute Gasteiger partial charge is 0.394 e. The normalized spacial score (nSPS) is 21.4. The minimum Gasteiger partial charge on any atom is -0.394 e. The SMILES string of the molecule is N#Cc1ccc(-c2ccc([C@H]3[C@H]4CN(C(=O)Cc5ccccc5)CC(=O)N4[C@H]3CO)cc2)cc1. The lowest BCUT2D eigenvalue weighted by atomic mass is 9.73. The number of aliphatic hydroxyl groups is 1. The first kappa shape index (κ1) is 21.9. The summed E-state index contributed by atoms with van der Waals surface area (Å²) in [7, 11) is 0. The zero-order chi connectivity index (χ0) is 23.7. The molecule has 170 valence electrons. The van der Waals surface area contributed by atoms with Crippen molar-refractivity contribution in [1.29, 1.82) is 5.26 Å². The van der Waals surface area contributed by atoms with Crippen molar-refractivity contribution in [2.75, 3.05) is 19.7 Å². The Morgan fingerprint density at radius 3 is 2.24 bits per heavy atom. The zero-order valence-corrected chi connectivity index (χ0v) is 18.7. The molecule has 0 unspecified atom stereocenters. The van der Waals surface area contributed by atoms with Crippen LogP contribution in [0.15, 0.2) is 78.9 Å². The molecule has 2 amide bonds. The smallest absolute Gasteiger partial charge is 0.242 e. The van der Waals surface area contributed by atoms with Crippen LogP contribution in [-0.4, -0.2) is 58.5 Å². The van der Waals surface area contributed by atoms with Gasteiger partial charge in [-0.3, -0.25) is 9.59 Å². The van der Waals surface area contributed by atoms with Gasteiger partial charge in [0.05, 0.1) is 43.3 Å². The van der Waals surface area contributed by atoms with Gasteiger partial charge in [-0.25, -0.2) is 0 Å². The van der Waals surface area contributed by atoms with Gasteiger partial charge in [0, 0.05) is 12.5 Å². The third kappa shape index (κ3) is 3.95. The third-order valence-electron chi connectivity index (χ3n) is 6.95. The molecule has 0 aromatic heterocycles. The predicted octanol–water partition coefficient (Wildman–Crippen LogP) is 2.97. The van der Waals surface area contributed by atoms with E-state index in [2.05, 4.69) is 6.07 Å². The van der Waals surface area contributed by atoms with Crippen LogP contribution >= 0.6 is 0 Å². The van der Waals surface area contributed by atoms with E-state index in [1.807, 2.05) is 66.7 Å². The number of hydrogen-bond acceptors (Lipinski definition) is 4. The van der Waals surface area contributed by atoms with Crippen LogP contribution in [0.1, 0.15) is 22.6 Å². The second-order valence-corrected chi connectivity index (χ2v) is 8.89. The van der Waals surface area contributed by atoms with Gasteiger partial charge < -0.3 is 14.9 Å². The van der Waals surface area contributed by atoms with Gasteiger partial charge >= 0.3 is 0 Å². The zero-order valence-electron chi connectivity index (χ0n) is 18.7. The number of amides is 2. The number of piperazine rings is 1. The molecule has 0 aliphatic carbocycles. The maximum absolute atomic E-state index is 12.9. The molecule has 0 saturated carbocycles. The Balaban J connectivity index is 1.34. The van der Waals surface area contributed by atoms with E-state index < -0.39 is 0 Å². The van der Waals surface area contributed by atoms with Gasteiger partial charge in [-0.15, -0.1) is 0 Å². The molecule has 2 aliphatic rings. The second kappa shape index (κ2) is 9.12. The maximum atomic E-state index is 12.9. The highest BCUT2D eigenvalue weighted by Gasteiger charge is 2.54. The van der Waals surface area contributed by atoms with Crippen LogP contribution in [0, 0.1) is 11.3 Å². The number of carbonyl (C=O) groups excluding carboxylic acids is 2. The van der Waals surface area contributed by atoms with E-state index in [0.29, 0.717) is 12.1 Å². The van der Waals surface area contributed by atoms with Gasteiger partial charge in [0.1, 0.15) is 0 Å². The predicted molar refractivity (Wildman–Crippen MR) is 128 cm³/mol. The fraction of sp³-hybridized carbons (Fsp3) is 0.250. The molecule has 3 aromatic carbocycles. The summed E-state index contributed by atoms with van der Waals surface area (Å²) in [5.41, 5.74) is 4.64. The standard InChI is InChI=1S/C28H25N3O3/c29-15-20-6-8-21(9-7-20)22-10-12-23(13-11-22)28-24-16-30(17-27(34)31(24)25(28)18-32)26(33)14-19-4-2-1-3-5-19/h1-13,24-25,28,32H,14,16-18H2/t24-,25+,28+/m1/s1. The lowest BCUT2D eigenvalue weighted by molar-refractivity contribution is -0.166. The first-order chi connectivity index (χ1) is 16.6. The highest BCUT2D eigenvalue weighted by molar-refractivity contribution is 5.88. The first-order valence-corrected chi connectivity index (χ1v) is 11.4. The monoisotopic (exact) mass is 451 g/mol. The highest BCUT2D eigenvalue weighted by Crippen LogP contribution is 2.43. The molecule has 0 radical (unpaired) electrons. The van der Waals surface area contributed by atoms with Crippen LogP contribution in [0.5, 0.6) is 0 Å². The van der Waals surface area contributed by atoms with Crippen molar-refractivity contribution in [2.45, 2.75) is 24.4 Å². The molecule has 0 spiro atoms. The number of fused-ring (bicyclic) bond motifs is 1. The summed E-state index contributed by atoms with van der Waals surface area (Å²) in [6.45, 7) is 0.418. The van der Waals surface area contributed by atoms with Crippen LogP contribution < -0.4 is 0 Å². The fourth-order valence-corrected chi connectivity index (χ4v) is 5.21. The van der Waals surface area contributed by atoms with E-state index >= 15 is 0 Å². The number of carbonyl (C=O) groups is 2. The van der Waals surface area contributed by atoms with E-state index in [1.54, 1.807) is 21.9 Å². The van der Waals surface area contributed by atoms with E-state index in [0.717, 1.165) is 22.3 Å². The van der Waals surface area contributed by atoms with Gasteiger partial charge in [-0.2, -0.15) is 5.26 Å². The first-order valence-electron chi connectivity index (χ1n) is 11.4. The number of aliphatic hydroxyl groups excluding tert-OH is 1. The van der Waals surface area contributed by atoms with Gasteiger partial charge in [-0.1, -0.05) is 66.7 Å². The van der Waals surface area contributed by atoms with Crippen LogP contribution in [-0.2, 0) is 16.0 Å². The Hall–Kier alpha value is -3.95. The average molecular weight is 452 g/mol. The molecule has 6 heteroatoms. The van der Waals surface area contributed by atoms with E-state index in [4.69, 9.17) is 5.26 Å². The average Bonchev–Trinajstić information content (AvgIpc) is 2.86. The molecule has 6 nitrogen and oxygen atoms in total. The molecular weight excluding hydrogens is 426 g/mol. The molecule has 2 aliphatic heterocycles. The Kier molecular flexibility index (Phi) is 5.87. The maximum Gasteiger partial charge on any atom is 0.242 e. The summed E-state index contributed by atoms with van der Waals surface area (Å²) in [4.78, 5) is 29.2. The van der Waals surface area contributed by atoms with E-state index in [-0.39, 0.29) is 49.4 Å². The highest BCUT2D eigenvalue weighted by atomic mass is 16.3. The minimum absolute atomic E-state index is 0.0312. The topological polar surface area (TPSA) is 84.6 Å². The summed E-state index contributed by atoms with van der Waals surface area (Å²) in [5, 5.41) is 19.0. The van der Waals surface area contributed by atoms with Crippen molar-refractivity contribution in [1.82, 2.24) is 9.80 Å². The van der Waals surface area contributed by atoms with Crippen molar-refractivity contribution in [2.24, 2.45) is 0 Å². The third-order valence-corrected chi connectivity index (χ3v) is 6.95. The van der Waals surface area contributed by atoms with E-state index in [9.17, 15) is 14.7 Å². The van der Waals surface area contributed by atoms with Gasteiger partial charge in [0.25, 0.3) is 0 Å². The summed E-state index contributed by atoms with van der Waals surface area (Å²) in [6.07, 6.45) is 0.272. The molecule has 1 N–H and O–H groups in total. The molecule has 34 heavy (non-hydrogen) atoms. The lowest BCUT2D eigenvalue weighted by Gasteiger charge is -2.58. The molecule has 5 rings (SSSR count). The van der Waals surface area contributed by atoms with Crippen LogP contribution in [0.25, 0.3) is 11.1 Å². The lowest BCUT2D eigenvalue weighted by Crippen LogP contribution is -2.73. The Morgan fingerprint density at radius 2 is 1.62 bits per heavy atom. The van der Waals surface area contributed by atoms with Gasteiger partial charge in [0.2, 0.25) is 11.8 Å². The summed E-state index contributed by atoms with van der Waals surface area (Å²) in [5.74, 6) is -0.194. The van der Waals surface area contributed by atoms with Gasteiger partial charge in [-0.05, 0) is 34.4 Å². The van der Waals surface area contributed by atoms with E-state index in [1.165, 1.54) is 0 Å². The number of rotatable bonds is 5. The summed E-state index contributed by atoms with van der Waals surface area (Å²) in [6, 6.07) is 26.8. The van der Waals surface area contributed by atoms with Crippen LogP contribution in [0.4, 0.5) is 0 Å². The summed E-state index contributed by atoms with van der Waals surface area (Å²) < 4.78 is 0. The molecule has 3 atom stereocenters. The number of benzene rings is 3. The van der Waals surface area contributed by atoms with Gasteiger partial charge in [0.15, 0.2) is 0 Å². The molecular formula is C28H25N3O3.